The summed E-state index contributed by atoms with van der Waals surface area (Å²) in [6.45, 7) is 6.52. The van der Waals surface area contributed by atoms with E-state index in [4.69, 9.17) is 11.6 Å². The molecule has 0 aliphatic carbocycles. The SMILES string of the molecule is CCCCNC(=O)[C@H](C)N(Cc1cccc(C)c1)C(=O)Cc1c(F)cccc1Cl. The summed E-state index contributed by atoms with van der Waals surface area (Å²) in [6.07, 6.45) is 1.63. The van der Waals surface area contributed by atoms with E-state index in [1.807, 2.05) is 38.1 Å². The Morgan fingerprint density at radius 1 is 1.21 bits per heavy atom. The fourth-order valence-electron chi connectivity index (χ4n) is 3.08. The molecular weight excluding hydrogens is 391 g/mol. The van der Waals surface area contributed by atoms with Crippen molar-refractivity contribution in [2.45, 2.75) is 52.6 Å². The highest BCUT2D eigenvalue weighted by Crippen LogP contribution is 2.21. The Morgan fingerprint density at radius 2 is 1.93 bits per heavy atom. The van der Waals surface area contributed by atoms with E-state index < -0.39 is 11.9 Å². The van der Waals surface area contributed by atoms with Crippen molar-refractivity contribution in [3.8, 4) is 0 Å². The van der Waals surface area contributed by atoms with Crippen LogP contribution >= 0.6 is 11.6 Å². The minimum Gasteiger partial charge on any atom is -0.354 e. The first-order valence-electron chi connectivity index (χ1n) is 9.89. The van der Waals surface area contributed by atoms with Crippen LogP contribution in [0.25, 0.3) is 0 Å². The van der Waals surface area contributed by atoms with Crippen molar-refractivity contribution in [2.24, 2.45) is 0 Å². The van der Waals surface area contributed by atoms with Crippen molar-refractivity contribution in [1.29, 1.82) is 0 Å². The summed E-state index contributed by atoms with van der Waals surface area (Å²) in [5.74, 6) is -1.10. The highest BCUT2D eigenvalue weighted by molar-refractivity contribution is 6.31. The molecule has 4 nitrogen and oxygen atoms in total. The van der Waals surface area contributed by atoms with Crippen molar-refractivity contribution in [3.05, 3.63) is 70.0 Å². The van der Waals surface area contributed by atoms with E-state index in [0.29, 0.717) is 6.54 Å². The van der Waals surface area contributed by atoms with E-state index in [1.165, 1.54) is 17.0 Å². The van der Waals surface area contributed by atoms with Crippen molar-refractivity contribution in [3.63, 3.8) is 0 Å². The minimum absolute atomic E-state index is 0.145. The number of hydrogen-bond acceptors (Lipinski definition) is 2. The average Bonchev–Trinajstić information content (AvgIpc) is 2.68. The largest absolute Gasteiger partial charge is 0.354 e. The van der Waals surface area contributed by atoms with Gasteiger partial charge in [-0.25, -0.2) is 4.39 Å². The Morgan fingerprint density at radius 3 is 2.59 bits per heavy atom. The number of unbranched alkanes of at least 4 members (excludes halogenated alkanes) is 1. The van der Waals surface area contributed by atoms with E-state index >= 15 is 0 Å². The van der Waals surface area contributed by atoms with Crippen LogP contribution in [0.3, 0.4) is 0 Å². The second-order valence-corrected chi connectivity index (χ2v) is 7.62. The molecule has 0 aliphatic heterocycles. The standard InChI is InChI=1S/C23H28ClFN2O2/c1-4-5-12-26-23(29)17(3)27(15-18-9-6-8-16(2)13-18)22(28)14-19-20(24)10-7-11-21(19)25/h6-11,13,17H,4-5,12,14-15H2,1-3H3,(H,26,29)/t17-/m0/s1. The molecule has 1 atom stereocenters. The normalized spacial score (nSPS) is 11.8. The summed E-state index contributed by atoms with van der Waals surface area (Å²) in [5, 5.41) is 3.07. The third-order valence-corrected chi connectivity index (χ3v) is 5.18. The van der Waals surface area contributed by atoms with Crippen LogP contribution < -0.4 is 5.32 Å². The second-order valence-electron chi connectivity index (χ2n) is 7.21. The second kappa shape index (κ2) is 11.0. The Bertz CT molecular complexity index is 836. The quantitative estimate of drug-likeness (QED) is 0.602. The number of benzene rings is 2. The van der Waals surface area contributed by atoms with Gasteiger partial charge in [0, 0.05) is 23.7 Å². The van der Waals surface area contributed by atoms with Crippen LogP contribution in [0.2, 0.25) is 5.02 Å². The number of hydrogen-bond donors (Lipinski definition) is 1. The molecule has 156 valence electrons. The summed E-state index contributed by atoms with van der Waals surface area (Å²) < 4.78 is 14.2. The zero-order valence-electron chi connectivity index (χ0n) is 17.2. The van der Waals surface area contributed by atoms with Crippen LogP contribution in [0, 0.1) is 12.7 Å². The van der Waals surface area contributed by atoms with Gasteiger partial charge in [0.1, 0.15) is 11.9 Å². The van der Waals surface area contributed by atoms with Crippen LogP contribution in [0.15, 0.2) is 42.5 Å². The number of amides is 2. The van der Waals surface area contributed by atoms with Crippen molar-refractivity contribution in [1.82, 2.24) is 10.2 Å². The van der Waals surface area contributed by atoms with Crippen molar-refractivity contribution < 1.29 is 14.0 Å². The van der Waals surface area contributed by atoms with Crippen LogP contribution in [0.5, 0.6) is 0 Å². The number of carbonyl (C=O) groups is 2. The maximum atomic E-state index is 14.2. The van der Waals surface area contributed by atoms with Crippen molar-refractivity contribution >= 4 is 23.4 Å². The fourth-order valence-corrected chi connectivity index (χ4v) is 3.31. The zero-order chi connectivity index (χ0) is 21.4. The molecule has 1 N–H and O–H groups in total. The first-order valence-corrected chi connectivity index (χ1v) is 10.3. The maximum absolute atomic E-state index is 14.2. The predicted molar refractivity (Wildman–Crippen MR) is 114 cm³/mol. The van der Waals surface area contributed by atoms with Gasteiger partial charge >= 0.3 is 0 Å². The lowest BCUT2D eigenvalue weighted by molar-refractivity contribution is -0.140. The van der Waals surface area contributed by atoms with Gasteiger partial charge in [0.25, 0.3) is 0 Å². The third kappa shape index (κ3) is 6.57. The molecule has 0 fully saturated rings. The molecule has 0 aromatic heterocycles. The molecule has 0 unspecified atom stereocenters. The molecule has 0 spiro atoms. The third-order valence-electron chi connectivity index (χ3n) is 4.82. The molecule has 29 heavy (non-hydrogen) atoms. The molecule has 2 aromatic rings. The summed E-state index contributed by atoms with van der Waals surface area (Å²) in [7, 11) is 0. The average molecular weight is 419 g/mol. The molecule has 0 saturated carbocycles. The smallest absolute Gasteiger partial charge is 0.242 e. The lowest BCUT2D eigenvalue weighted by Gasteiger charge is -2.29. The molecule has 6 heteroatoms. The predicted octanol–water partition coefficient (Wildman–Crippen LogP) is 4.66. The highest BCUT2D eigenvalue weighted by atomic mass is 35.5. The van der Waals surface area contributed by atoms with Gasteiger partial charge in [-0.1, -0.05) is 60.8 Å². The molecule has 0 aliphatic rings. The van der Waals surface area contributed by atoms with Gasteiger partial charge in [0.2, 0.25) is 11.8 Å². The van der Waals surface area contributed by atoms with E-state index in [1.54, 1.807) is 13.0 Å². The fraction of sp³-hybridized carbons (Fsp3) is 0.391. The minimum atomic E-state index is -0.689. The van der Waals surface area contributed by atoms with Gasteiger partial charge in [-0.15, -0.1) is 0 Å². The summed E-state index contributed by atoms with van der Waals surface area (Å²) in [6, 6.07) is 11.4. The molecule has 0 radical (unpaired) electrons. The van der Waals surface area contributed by atoms with Gasteiger partial charge in [-0.3, -0.25) is 9.59 Å². The highest BCUT2D eigenvalue weighted by Gasteiger charge is 2.27. The summed E-state index contributed by atoms with van der Waals surface area (Å²) in [5.41, 5.74) is 2.12. The molecule has 2 aromatic carbocycles. The van der Waals surface area contributed by atoms with Crippen molar-refractivity contribution in [2.75, 3.05) is 6.54 Å². The van der Waals surface area contributed by atoms with Crippen LogP contribution in [0.4, 0.5) is 4.39 Å². The maximum Gasteiger partial charge on any atom is 0.242 e. The van der Waals surface area contributed by atoms with Gasteiger partial charge in [-0.2, -0.15) is 0 Å². The lowest BCUT2D eigenvalue weighted by Crippen LogP contribution is -2.48. The monoisotopic (exact) mass is 418 g/mol. The number of nitrogens with one attached hydrogen (secondary N) is 1. The Balaban J connectivity index is 2.25. The number of aryl methyl sites for hydroxylation is 1. The Labute approximate surface area is 177 Å². The first kappa shape index (κ1) is 22.9. The van der Waals surface area contributed by atoms with Gasteiger partial charge in [-0.05, 0) is 38.0 Å². The number of carbonyl (C=O) groups excluding carboxylic acids is 2. The zero-order valence-corrected chi connectivity index (χ0v) is 17.9. The number of rotatable bonds is 9. The number of nitrogens with zero attached hydrogens (tertiary/aromatic N) is 1. The van der Waals surface area contributed by atoms with E-state index in [2.05, 4.69) is 5.32 Å². The molecule has 2 rings (SSSR count). The molecular formula is C23H28ClFN2O2. The van der Waals surface area contributed by atoms with Crippen LogP contribution in [0.1, 0.15) is 43.4 Å². The van der Waals surface area contributed by atoms with E-state index in [0.717, 1.165) is 24.0 Å². The Kier molecular flexibility index (Phi) is 8.65. The Hall–Kier alpha value is -2.40. The van der Waals surface area contributed by atoms with Gasteiger partial charge < -0.3 is 10.2 Å². The summed E-state index contributed by atoms with van der Waals surface area (Å²) >= 11 is 6.10. The molecule has 0 saturated heterocycles. The number of halogens is 2. The van der Waals surface area contributed by atoms with E-state index in [-0.39, 0.29) is 35.4 Å². The van der Waals surface area contributed by atoms with Crippen LogP contribution in [-0.2, 0) is 22.6 Å². The molecule has 0 heterocycles. The first-order chi connectivity index (χ1) is 13.8. The van der Waals surface area contributed by atoms with Gasteiger partial charge in [0.05, 0.1) is 6.42 Å². The van der Waals surface area contributed by atoms with Crippen LogP contribution in [-0.4, -0.2) is 29.3 Å². The lowest BCUT2D eigenvalue weighted by atomic mass is 10.1. The molecule has 0 bridgehead atoms. The topological polar surface area (TPSA) is 49.4 Å². The van der Waals surface area contributed by atoms with Gasteiger partial charge in [0.15, 0.2) is 0 Å². The van der Waals surface area contributed by atoms with E-state index in [9.17, 15) is 14.0 Å². The molecule has 2 amide bonds. The summed E-state index contributed by atoms with van der Waals surface area (Å²) in [4.78, 5) is 27.2.